The fourth-order valence-corrected chi connectivity index (χ4v) is 2.61. The first-order valence-corrected chi connectivity index (χ1v) is 7.76. The minimum absolute atomic E-state index is 0.124. The van der Waals surface area contributed by atoms with Gasteiger partial charge in [-0.05, 0) is 24.3 Å². The van der Waals surface area contributed by atoms with Gasteiger partial charge in [0.25, 0.3) is 5.91 Å². The Labute approximate surface area is 139 Å². The number of aromatic nitrogens is 2. The van der Waals surface area contributed by atoms with Gasteiger partial charge in [-0.3, -0.25) is 9.48 Å². The van der Waals surface area contributed by atoms with Crippen LogP contribution in [0.4, 0.5) is 4.39 Å². The van der Waals surface area contributed by atoms with Crippen LogP contribution in [0.25, 0.3) is 11.3 Å². The van der Waals surface area contributed by atoms with Crippen LogP contribution in [-0.4, -0.2) is 46.9 Å². The quantitative estimate of drug-likeness (QED) is 0.861. The van der Waals surface area contributed by atoms with E-state index in [1.54, 1.807) is 27.9 Å². The van der Waals surface area contributed by atoms with Gasteiger partial charge in [0.05, 0.1) is 37.8 Å². The second-order valence-electron chi connectivity index (χ2n) is 5.47. The molecule has 0 bridgehead atoms. The molecule has 7 heteroatoms. The monoisotopic (exact) mass is 328 g/mol. The SMILES string of the molecule is N#CCCn1cc(C(=O)N2CCOCC2)c(-c2ccc(F)cc2)n1. The molecule has 1 aliphatic heterocycles. The van der Waals surface area contributed by atoms with Crippen LogP contribution in [0.15, 0.2) is 30.5 Å². The minimum Gasteiger partial charge on any atom is -0.378 e. The van der Waals surface area contributed by atoms with Crippen molar-refractivity contribution in [3.05, 3.63) is 41.8 Å². The summed E-state index contributed by atoms with van der Waals surface area (Å²) in [6.45, 7) is 2.50. The first-order valence-electron chi connectivity index (χ1n) is 7.76. The Kier molecular flexibility index (Phi) is 4.87. The average Bonchev–Trinajstić information content (AvgIpc) is 3.05. The Morgan fingerprint density at radius 1 is 1.29 bits per heavy atom. The number of amides is 1. The number of nitrogens with zero attached hydrogens (tertiary/aromatic N) is 4. The molecular formula is C17H17FN4O2. The number of hydrogen-bond donors (Lipinski definition) is 0. The van der Waals surface area contributed by atoms with Crippen molar-refractivity contribution in [2.75, 3.05) is 26.3 Å². The van der Waals surface area contributed by atoms with Crippen molar-refractivity contribution in [1.82, 2.24) is 14.7 Å². The summed E-state index contributed by atoms with van der Waals surface area (Å²) in [6.07, 6.45) is 1.96. The summed E-state index contributed by atoms with van der Waals surface area (Å²) in [5.41, 5.74) is 1.63. The van der Waals surface area contributed by atoms with Crippen molar-refractivity contribution in [3.63, 3.8) is 0 Å². The van der Waals surface area contributed by atoms with Crippen LogP contribution in [-0.2, 0) is 11.3 Å². The lowest BCUT2D eigenvalue weighted by Gasteiger charge is -2.26. The van der Waals surface area contributed by atoms with Gasteiger partial charge >= 0.3 is 0 Å². The third-order valence-corrected chi connectivity index (χ3v) is 3.86. The van der Waals surface area contributed by atoms with Crippen molar-refractivity contribution >= 4 is 5.91 Å². The molecule has 0 spiro atoms. The Hall–Kier alpha value is -2.72. The number of morpholine rings is 1. The largest absolute Gasteiger partial charge is 0.378 e. The van der Waals surface area contributed by atoms with Crippen molar-refractivity contribution in [2.24, 2.45) is 0 Å². The molecule has 1 aromatic heterocycles. The lowest BCUT2D eigenvalue weighted by Crippen LogP contribution is -2.40. The van der Waals surface area contributed by atoms with E-state index in [1.165, 1.54) is 12.1 Å². The zero-order valence-corrected chi connectivity index (χ0v) is 13.1. The smallest absolute Gasteiger partial charge is 0.257 e. The number of aryl methyl sites for hydroxylation is 1. The number of nitriles is 1. The molecule has 1 aliphatic rings. The first-order chi connectivity index (χ1) is 11.7. The summed E-state index contributed by atoms with van der Waals surface area (Å²) in [6, 6.07) is 7.94. The molecule has 0 unspecified atom stereocenters. The van der Waals surface area contributed by atoms with Gasteiger partial charge in [0, 0.05) is 24.8 Å². The van der Waals surface area contributed by atoms with Crippen molar-refractivity contribution in [2.45, 2.75) is 13.0 Å². The lowest BCUT2D eigenvalue weighted by molar-refractivity contribution is 0.0303. The number of rotatable bonds is 4. The molecule has 6 nitrogen and oxygen atoms in total. The van der Waals surface area contributed by atoms with Crippen LogP contribution in [0.1, 0.15) is 16.8 Å². The van der Waals surface area contributed by atoms with Gasteiger partial charge in [-0.25, -0.2) is 4.39 Å². The summed E-state index contributed by atoms with van der Waals surface area (Å²) in [5, 5.41) is 13.2. The number of ether oxygens (including phenoxy) is 1. The topological polar surface area (TPSA) is 71.2 Å². The Balaban J connectivity index is 1.95. The molecule has 0 radical (unpaired) electrons. The zero-order chi connectivity index (χ0) is 16.9. The molecule has 1 fully saturated rings. The molecule has 24 heavy (non-hydrogen) atoms. The highest BCUT2D eigenvalue weighted by Gasteiger charge is 2.24. The van der Waals surface area contributed by atoms with Crippen molar-refractivity contribution in [3.8, 4) is 17.3 Å². The van der Waals surface area contributed by atoms with Crippen LogP contribution >= 0.6 is 0 Å². The highest BCUT2D eigenvalue weighted by atomic mass is 19.1. The summed E-state index contributed by atoms with van der Waals surface area (Å²) in [5.74, 6) is -0.468. The maximum atomic E-state index is 13.2. The average molecular weight is 328 g/mol. The summed E-state index contributed by atoms with van der Waals surface area (Å²) in [7, 11) is 0. The van der Waals surface area contributed by atoms with Crippen LogP contribution in [0.5, 0.6) is 0 Å². The normalized spacial score (nSPS) is 14.4. The molecule has 0 aliphatic carbocycles. The summed E-state index contributed by atoms with van der Waals surface area (Å²) in [4.78, 5) is 14.6. The van der Waals surface area contributed by atoms with Gasteiger partial charge in [-0.2, -0.15) is 10.4 Å². The van der Waals surface area contributed by atoms with Crippen LogP contribution in [0, 0.1) is 17.1 Å². The predicted molar refractivity (Wildman–Crippen MR) is 84.6 cm³/mol. The van der Waals surface area contributed by atoms with Gasteiger partial charge < -0.3 is 9.64 Å². The molecule has 1 aromatic carbocycles. The summed E-state index contributed by atoms with van der Waals surface area (Å²) >= 11 is 0. The van der Waals surface area contributed by atoms with E-state index in [0.29, 0.717) is 56.1 Å². The Bertz CT molecular complexity index is 758. The predicted octanol–water partition coefficient (Wildman–Crippen LogP) is 2.08. The lowest BCUT2D eigenvalue weighted by atomic mass is 10.1. The van der Waals surface area contributed by atoms with E-state index in [-0.39, 0.29) is 11.7 Å². The highest BCUT2D eigenvalue weighted by Crippen LogP contribution is 2.24. The second kappa shape index (κ2) is 7.23. The summed E-state index contributed by atoms with van der Waals surface area (Å²) < 4.78 is 20.0. The van der Waals surface area contributed by atoms with Gasteiger partial charge in [0.2, 0.25) is 0 Å². The molecule has 1 saturated heterocycles. The van der Waals surface area contributed by atoms with E-state index in [0.717, 1.165) is 0 Å². The maximum Gasteiger partial charge on any atom is 0.257 e. The van der Waals surface area contributed by atoms with E-state index in [4.69, 9.17) is 10.00 Å². The van der Waals surface area contributed by atoms with Crippen LogP contribution in [0.2, 0.25) is 0 Å². The number of halogens is 1. The van der Waals surface area contributed by atoms with E-state index in [2.05, 4.69) is 11.2 Å². The van der Waals surface area contributed by atoms with E-state index >= 15 is 0 Å². The number of carbonyl (C=O) groups excluding carboxylic acids is 1. The molecule has 0 saturated carbocycles. The molecule has 3 rings (SSSR count). The molecule has 0 N–H and O–H groups in total. The number of carbonyl (C=O) groups is 1. The zero-order valence-electron chi connectivity index (χ0n) is 13.1. The van der Waals surface area contributed by atoms with Crippen LogP contribution in [0.3, 0.4) is 0 Å². The molecule has 2 heterocycles. The van der Waals surface area contributed by atoms with Crippen molar-refractivity contribution < 1.29 is 13.9 Å². The number of hydrogen-bond acceptors (Lipinski definition) is 4. The Morgan fingerprint density at radius 3 is 2.67 bits per heavy atom. The number of benzene rings is 1. The highest BCUT2D eigenvalue weighted by molar-refractivity contribution is 5.99. The van der Waals surface area contributed by atoms with Gasteiger partial charge in [-0.15, -0.1) is 0 Å². The Morgan fingerprint density at radius 2 is 2.00 bits per heavy atom. The standard InChI is InChI=1S/C17H17FN4O2/c18-14-4-2-13(3-5-14)16-15(12-22(20-16)7-1-6-19)17(23)21-8-10-24-11-9-21/h2-5,12H,1,7-11H2. The van der Waals surface area contributed by atoms with Gasteiger partial charge in [0.15, 0.2) is 0 Å². The van der Waals surface area contributed by atoms with E-state index in [1.807, 2.05) is 0 Å². The van der Waals surface area contributed by atoms with E-state index < -0.39 is 0 Å². The van der Waals surface area contributed by atoms with Gasteiger partial charge in [0.1, 0.15) is 11.5 Å². The molecule has 124 valence electrons. The third-order valence-electron chi connectivity index (χ3n) is 3.86. The van der Waals surface area contributed by atoms with Crippen molar-refractivity contribution in [1.29, 1.82) is 5.26 Å². The van der Waals surface area contributed by atoms with E-state index in [9.17, 15) is 9.18 Å². The molecular weight excluding hydrogens is 311 g/mol. The third kappa shape index (κ3) is 3.44. The fourth-order valence-electron chi connectivity index (χ4n) is 2.61. The van der Waals surface area contributed by atoms with Gasteiger partial charge in [-0.1, -0.05) is 0 Å². The second-order valence-corrected chi connectivity index (χ2v) is 5.47. The first kappa shape index (κ1) is 16.1. The molecule has 2 aromatic rings. The minimum atomic E-state index is -0.344. The van der Waals surface area contributed by atoms with Crippen LogP contribution < -0.4 is 0 Å². The molecule has 1 amide bonds. The maximum absolute atomic E-state index is 13.2. The fraction of sp³-hybridized carbons (Fsp3) is 0.353. The molecule has 0 atom stereocenters.